The van der Waals surface area contributed by atoms with Crippen LogP contribution in [0.5, 0.6) is 0 Å². The molecule has 0 amide bonds. The number of rotatable bonds is 5. The number of hydrogen-bond acceptors (Lipinski definition) is 5. The molecule has 0 saturated carbocycles. The van der Waals surface area contributed by atoms with Crippen molar-refractivity contribution in [2.75, 3.05) is 12.4 Å². The monoisotopic (exact) mass is 250 g/mol. The van der Waals surface area contributed by atoms with E-state index in [0.717, 1.165) is 5.56 Å². The third kappa shape index (κ3) is 3.04. The molecule has 2 aromatic rings. The largest absolute Gasteiger partial charge is 0.407 e. The van der Waals surface area contributed by atoms with Gasteiger partial charge in [-0.3, -0.25) is 0 Å². The topological polar surface area (TPSA) is 63.0 Å². The van der Waals surface area contributed by atoms with Crippen LogP contribution in [-0.4, -0.2) is 17.2 Å². The summed E-state index contributed by atoms with van der Waals surface area (Å²) in [5.41, 5.74) is 0.949. The van der Waals surface area contributed by atoms with Gasteiger partial charge in [0.15, 0.2) is 0 Å². The van der Waals surface area contributed by atoms with Crippen molar-refractivity contribution in [3.05, 3.63) is 41.5 Å². The van der Waals surface area contributed by atoms with Crippen molar-refractivity contribution in [2.24, 2.45) is 0 Å². The number of nitrogens with zero attached hydrogens (tertiary/aromatic N) is 2. The van der Waals surface area contributed by atoms with E-state index in [4.69, 9.17) is 4.42 Å². The molecule has 0 aliphatic rings. The van der Waals surface area contributed by atoms with Gasteiger partial charge in [0, 0.05) is 0 Å². The Balaban J connectivity index is 2.01. The molecule has 0 spiro atoms. The first-order valence-electron chi connectivity index (χ1n) is 5.68. The van der Waals surface area contributed by atoms with E-state index in [9.17, 15) is 4.39 Å². The molecule has 0 fully saturated rings. The summed E-state index contributed by atoms with van der Waals surface area (Å²) in [6.45, 7) is 2.47. The van der Waals surface area contributed by atoms with Crippen molar-refractivity contribution < 1.29 is 8.81 Å². The average Bonchev–Trinajstić information content (AvgIpc) is 2.78. The Kier molecular flexibility index (Phi) is 3.88. The van der Waals surface area contributed by atoms with E-state index in [1.54, 1.807) is 19.2 Å². The Labute approximate surface area is 104 Å². The average molecular weight is 250 g/mol. The number of nitrogens with one attached hydrogen (secondary N) is 2. The first-order valence-corrected chi connectivity index (χ1v) is 5.68. The van der Waals surface area contributed by atoms with Gasteiger partial charge in [0.2, 0.25) is 5.89 Å². The van der Waals surface area contributed by atoms with Crippen LogP contribution in [0.1, 0.15) is 24.4 Å². The highest BCUT2D eigenvalue weighted by molar-refractivity contribution is 5.28. The zero-order chi connectivity index (χ0) is 13.0. The summed E-state index contributed by atoms with van der Waals surface area (Å²) in [5.74, 6) is 0.270. The van der Waals surface area contributed by atoms with E-state index in [-0.39, 0.29) is 11.9 Å². The zero-order valence-corrected chi connectivity index (χ0v) is 10.3. The van der Waals surface area contributed by atoms with E-state index in [1.807, 2.05) is 6.92 Å². The fourth-order valence-electron chi connectivity index (χ4n) is 1.55. The van der Waals surface area contributed by atoms with Crippen LogP contribution in [0, 0.1) is 5.82 Å². The molecule has 1 aromatic carbocycles. The highest BCUT2D eigenvalue weighted by atomic mass is 19.1. The third-order valence-electron chi connectivity index (χ3n) is 2.50. The van der Waals surface area contributed by atoms with Gasteiger partial charge in [0.05, 0.1) is 12.6 Å². The van der Waals surface area contributed by atoms with Crippen LogP contribution in [0.3, 0.4) is 0 Å². The molecule has 1 atom stereocenters. The molecule has 0 aliphatic carbocycles. The Morgan fingerprint density at radius 2 is 2.00 bits per heavy atom. The molecule has 0 aliphatic heterocycles. The molecule has 6 heteroatoms. The Morgan fingerprint density at radius 1 is 1.28 bits per heavy atom. The second kappa shape index (κ2) is 5.59. The molecule has 18 heavy (non-hydrogen) atoms. The van der Waals surface area contributed by atoms with Crippen molar-refractivity contribution in [1.29, 1.82) is 0 Å². The van der Waals surface area contributed by atoms with Gasteiger partial charge in [-0.2, -0.15) is 0 Å². The number of benzene rings is 1. The zero-order valence-electron chi connectivity index (χ0n) is 10.3. The van der Waals surface area contributed by atoms with Crippen LogP contribution in [0.25, 0.3) is 0 Å². The van der Waals surface area contributed by atoms with Gasteiger partial charge < -0.3 is 15.1 Å². The highest BCUT2D eigenvalue weighted by Gasteiger charge is 2.10. The van der Waals surface area contributed by atoms with Crippen LogP contribution < -0.4 is 10.6 Å². The second-order valence-corrected chi connectivity index (χ2v) is 3.95. The van der Waals surface area contributed by atoms with Gasteiger partial charge in [-0.05, 0) is 31.7 Å². The molecular formula is C12H15FN4O. The highest BCUT2D eigenvalue weighted by Crippen LogP contribution is 2.18. The first-order chi connectivity index (χ1) is 8.69. The smallest absolute Gasteiger partial charge is 0.315 e. The number of halogens is 1. The Morgan fingerprint density at radius 3 is 2.67 bits per heavy atom. The molecular weight excluding hydrogens is 235 g/mol. The minimum absolute atomic E-state index is 0.0338. The fraction of sp³-hybridized carbons (Fsp3) is 0.333. The maximum atomic E-state index is 12.8. The summed E-state index contributed by atoms with van der Waals surface area (Å²) in [7, 11) is 1.80. The summed E-state index contributed by atoms with van der Waals surface area (Å²) in [4.78, 5) is 0. The molecule has 1 aromatic heterocycles. The van der Waals surface area contributed by atoms with Crippen LogP contribution in [0.4, 0.5) is 10.4 Å². The lowest BCUT2D eigenvalue weighted by atomic mass is 10.1. The summed E-state index contributed by atoms with van der Waals surface area (Å²) >= 11 is 0. The van der Waals surface area contributed by atoms with Gasteiger partial charge in [-0.1, -0.05) is 17.2 Å². The molecule has 0 bridgehead atoms. The van der Waals surface area contributed by atoms with Crippen molar-refractivity contribution in [3.63, 3.8) is 0 Å². The van der Waals surface area contributed by atoms with Crippen LogP contribution in [-0.2, 0) is 6.54 Å². The molecule has 2 rings (SSSR count). The van der Waals surface area contributed by atoms with Gasteiger partial charge in [-0.25, -0.2) is 4.39 Å². The molecule has 1 heterocycles. The number of anilines is 1. The van der Waals surface area contributed by atoms with Crippen LogP contribution >= 0.6 is 0 Å². The van der Waals surface area contributed by atoms with E-state index in [2.05, 4.69) is 20.8 Å². The molecule has 5 nitrogen and oxygen atoms in total. The summed E-state index contributed by atoms with van der Waals surface area (Å²) in [5, 5.41) is 13.7. The van der Waals surface area contributed by atoms with Gasteiger partial charge >= 0.3 is 6.01 Å². The maximum Gasteiger partial charge on any atom is 0.315 e. The minimum Gasteiger partial charge on any atom is -0.407 e. The van der Waals surface area contributed by atoms with Crippen LogP contribution in [0.15, 0.2) is 28.7 Å². The SMILES string of the molecule is CNCc1nnc(NC(C)c2ccc(F)cc2)o1. The Bertz CT molecular complexity index is 497. The summed E-state index contributed by atoms with van der Waals surface area (Å²) in [6.07, 6.45) is 0. The van der Waals surface area contributed by atoms with E-state index >= 15 is 0 Å². The quantitative estimate of drug-likeness (QED) is 0.850. The van der Waals surface area contributed by atoms with Crippen molar-refractivity contribution in [2.45, 2.75) is 19.5 Å². The van der Waals surface area contributed by atoms with Crippen molar-refractivity contribution in [1.82, 2.24) is 15.5 Å². The van der Waals surface area contributed by atoms with Gasteiger partial charge in [0.25, 0.3) is 0 Å². The first kappa shape index (κ1) is 12.5. The fourth-order valence-corrected chi connectivity index (χ4v) is 1.55. The van der Waals surface area contributed by atoms with E-state index in [0.29, 0.717) is 18.5 Å². The predicted octanol–water partition coefficient (Wildman–Crippen LogP) is 2.10. The van der Waals surface area contributed by atoms with Crippen molar-refractivity contribution in [3.8, 4) is 0 Å². The minimum atomic E-state index is -0.250. The normalized spacial score (nSPS) is 12.4. The molecule has 1 unspecified atom stereocenters. The van der Waals surface area contributed by atoms with Gasteiger partial charge in [0.1, 0.15) is 5.82 Å². The summed E-state index contributed by atoms with van der Waals surface area (Å²) < 4.78 is 18.2. The molecule has 0 saturated heterocycles. The van der Waals surface area contributed by atoms with E-state index in [1.165, 1.54) is 12.1 Å². The third-order valence-corrected chi connectivity index (χ3v) is 2.50. The van der Waals surface area contributed by atoms with Gasteiger partial charge in [-0.15, -0.1) is 5.10 Å². The van der Waals surface area contributed by atoms with Crippen molar-refractivity contribution >= 4 is 6.01 Å². The van der Waals surface area contributed by atoms with Crippen LogP contribution in [0.2, 0.25) is 0 Å². The molecule has 2 N–H and O–H groups in total. The van der Waals surface area contributed by atoms with E-state index < -0.39 is 0 Å². The number of hydrogen-bond donors (Lipinski definition) is 2. The second-order valence-electron chi connectivity index (χ2n) is 3.95. The lowest BCUT2D eigenvalue weighted by Gasteiger charge is -2.11. The molecule has 96 valence electrons. The lowest BCUT2D eigenvalue weighted by molar-refractivity contribution is 0.486. The number of aromatic nitrogens is 2. The Hall–Kier alpha value is -1.95. The molecule has 0 radical (unpaired) electrons. The lowest BCUT2D eigenvalue weighted by Crippen LogP contribution is -2.07. The summed E-state index contributed by atoms with van der Waals surface area (Å²) in [6, 6.07) is 6.61. The predicted molar refractivity (Wildman–Crippen MR) is 65.5 cm³/mol. The maximum absolute atomic E-state index is 12.8. The standard InChI is InChI=1S/C12H15FN4O/c1-8(9-3-5-10(13)6-4-9)15-12-17-16-11(18-12)7-14-2/h3-6,8,14H,7H2,1-2H3,(H,15,17).